The molecule has 1 aromatic heterocycles. The smallest absolute Gasteiger partial charge is 0.338 e. The number of unbranched alkanes of at least 4 members (excludes halogenated alkanes) is 1. The fourth-order valence-electron chi connectivity index (χ4n) is 3.41. The lowest BCUT2D eigenvalue weighted by molar-refractivity contribution is -0.127. The Morgan fingerprint density at radius 3 is 2.57 bits per heavy atom. The number of furan rings is 1. The molecule has 0 aliphatic carbocycles. The zero-order chi connectivity index (χ0) is 26.4. The van der Waals surface area contributed by atoms with Gasteiger partial charge in [-0.3, -0.25) is 19.3 Å². The van der Waals surface area contributed by atoms with Gasteiger partial charge in [-0.15, -0.1) is 0 Å². The first-order valence-corrected chi connectivity index (χ1v) is 13.1. The molecule has 37 heavy (non-hydrogen) atoms. The number of anilines is 1. The number of imide groups is 1. The van der Waals surface area contributed by atoms with Gasteiger partial charge in [0, 0.05) is 16.1 Å². The van der Waals surface area contributed by atoms with Crippen molar-refractivity contribution in [2.75, 3.05) is 18.5 Å². The Kier molecular flexibility index (Phi) is 8.62. The van der Waals surface area contributed by atoms with E-state index in [1.165, 1.54) is 6.08 Å². The monoisotopic (exact) mass is 582 g/mol. The number of benzene rings is 2. The lowest BCUT2D eigenvalue weighted by atomic mass is 10.1. The van der Waals surface area contributed by atoms with Crippen molar-refractivity contribution in [3.05, 3.63) is 81.4 Å². The number of amides is 3. The molecule has 1 saturated heterocycles. The van der Waals surface area contributed by atoms with E-state index in [0.29, 0.717) is 33.9 Å². The van der Waals surface area contributed by atoms with Crippen molar-refractivity contribution in [1.82, 2.24) is 4.90 Å². The van der Waals surface area contributed by atoms with Gasteiger partial charge < -0.3 is 14.5 Å². The van der Waals surface area contributed by atoms with Gasteiger partial charge in [0.15, 0.2) is 0 Å². The highest BCUT2D eigenvalue weighted by Gasteiger charge is 2.36. The van der Waals surface area contributed by atoms with Crippen LogP contribution in [0.4, 0.5) is 10.5 Å². The molecule has 1 fully saturated rings. The highest BCUT2D eigenvalue weighted by atomic mass is 79.9. The van der Waals surface area contributed by atoms with Crippen molar-refractivity contribution < 1.29 is 28.3 Å². The van der Waals surface area contributed by atoms with Gasteiger partial charge in [0.05, 0.1) is 22.8 Å². The molecule has 1 N–H and O–H groups in total. The molecular weight excluding hydrogens is 560 g/mol. The molecule has 0 atom stereocenters. The average Bonchev–Trinajstić information content (AvgIpc) is 3.46. The number of nitrogens with one attached hydrogen (secondary N) is 1. The quantitative estimate of drug-likeness (QED) is 0.178. The zero-order valence-electron chi connectivity index (χ0n) is 19.9. The van der Waals surface area contributed by atoms with E-state index in [1.54, 1.807) is 54.6 Å². The Labute approximate surface area is 226 Å². The first-order chi connectivity index (χ1) is 17.9. The summed E-state index contributed by atoms with van der Waals surface area (Å²) in [5, 5.41) is 2.14. The third-order valence-electron chi connectivity index (χ3n) is 5.36. The molecule has 0 radical (unpaired) electrons. The van der Waals surface area contributed by atoms with Crippen LogP contribution in [0.2, 0.25) is 0 Å². The van der Waals surface area contributed by atoms with Crippen LogP contribution in [0.25, 0.3) is 17.4 Å². The number of esters is 1. The van der Waals surface area contributed by atoms with Crippen molar-refractivity contribution >= 4 is 62.5 Å². The molecule has 2 aromatic carbocycles. The molecule has 190 valence electrons. The molecule has 8 nitrogen and oxygen atoms in total. The number of para-hydroxylation sites is 1. The maximum Gasteiger partial charge on any atom is 0.338 e. The van der Waals surface area contributed by atoms with E-state index in [9.17, 15) is 19.2 Å². The van der Waals surface area contributed by atoms with Crippen molar-refractivity contribution in [2.24, 2.45) is 0 Å². The van der Waals surface area contributed by atoms with Crippen molar-refractivity contribution in [1.29, 1.82) is 0 Å². The van der Waals surface area contributed by atoms with Crippen LogP contribution in [-0.2, 0) is 14.3 Å². The van der Waals surface area contributed by atoms with E-state index in [0.717, 1.165) is 35.1 Å². The van der Waals surface area contributed by atoms with Gasteiger partial charge in [-0.25, -0.2) is 4.79 Å². The molecule has 3 aromatic rings. The van der Waals surface area contributed by atoms with Crippen LogP contribution in [0.5, 0.6) is 0 Å². The summed E-state index contributed by atoms with van der Waals surface area (Å²) < 4.78 is 11.7. The largest absolute Gasteiger partial charge is 0.462 e. The number of carbonyl (C=O) groups excluding carboxylic acids is 4. The van der Waals surface area contributed by atoms with Crippen LogP contribution in [-0.4, -0.2) is 41.1 Å². The van der Waals surface area contributed by atoms with Crippen LogP contribution in [0, 0.1) is 0 Å². The van der Waals surface area contributed by atoms with Crippen LogP contribution in [0.1, 0.15) is 35.9 Å². The molecule has 0 bridgehead atoms. The highest BCUT2D eigenvalue weighted by Crippen LogP contribution is 2.33. The summed E-state index contributed by atoms with van der Waals surface area (Å²) in [6, 6.07) is 17.3. The Morgan fingerprint density at radius 2 is 1.84 bits per heavy atom. The fraction of sp³-hybridized carbons (Fsp3) is 0.185. The summed E-state index contributed by atoms with van der Waals surface area (Å²) in [5.41, 5.74) is 1.73. The van der Waals surface area contributed by atoms with Gasteiger partial charge in [0.2, 0.25) is 5.91 Å². The number of rotatable bonds is 9. The fourth-order valence-corrected chi connectivity index (χ4v) is 4.61. The minimum Gasteiger partial charge on any atom is -0.462 e. The number of nitrogens with zero attached hydrogens (tertiary/aromatic N) is 1. The minimum atomic E-state index is -0.568. The minimum absolute atomic E-state index is 0.157. The topological polar surface area (TPSA) is 106 Å². The second kappa shape index (κ2) is 12.1. The van der Waals surface area contributed by atoms with Gasteiger partial charge in [-0.05, 0) is 70.5 Å². The van der Waals surface area contributed by atoms with Gasteiger partial charge in [-0.2, -0.15) is 0 Å². The summed E-state index contributed by atoms with van der Waals surface area (Å²) in [4.78, 5) is 50.7. The Bertz CT molecular complexity index is 1370. The third kappa shape index (κ3) is 6.58. The second-order valence-corrected chi connectivity index (χ2v) is 9.91. The Hall–Kier alpha value is -3.63. The maximum absolute atomic E-state index is 12.8. The number of ether oxygens (including phenoxy) is 1. The lowest BCUT2D eigenvalue weighted by Gasteiger charge is -2.13. The average molecular weight is 583 g/mol. The van der Waals surface area contributed by atoms with Crippen molar-refractivity contribution in [3.63, 3.8) is 0 Å². The van der Waals surface area contributed by atoms with E-state index >= 15 is 0 Å². The number of halogens is 1. The molecule has 10 heteroatoms. The first kappa shape index (κ1) is 26.4. The second-order valence-electron chi connectivity index (χ2n) is 8.06. The Balaban J connectivity index is 1.39. The van der Waals surface area contributed by atoms with Gasteiger partial charge in [-0.1, -0.05) is 37.6 Å². The molecule has 0 unspecified atom stereocenters. The molecule has 0 spiro atoms. The predicted octanol–water partition coefficient (Wildman–Crippen LogP) is 6.34. The normalized spacial score (nSPS) is 14.3. The molecule has 1 aliphatic heterocycles. The molecule has 4 rings (SSSR count). The summed E-state index contributed by atoms with van der Waals surface area (Å²) in [6.45, 7) is 2.01. The summed E-state index contributed by atoms with van der Waals surface area (Å²) in [6.07, 6.45) is 3.23. The number of carbonyl (C=O) groups is 4. The summed E-state index contributed by atoms with van der Waals surface area (Å²) in [7, 11) is 0. The van der Waals surface area contributed by atoms with Crippen LogP contribution < -0.4 is 5.32 Å². The van der Waals surface area contributed by atoms with Gasteiger partial charge >= 0.3 is 5.97 Å². The van der Waals surface area contributed by atoms with Crippen LogP contribution in [0.15, 0.2) is 74.5 Å². The number of hydrogen-bond acceptors (Lipinski definition) is 7. The predicted molar refractivity (Wildman–Crippen MR) is 145 cm³/mol. The molecular formula is C27H23BrN2O6S. The van der Waals surface area contributed by atoms with Crippen molar-refractivity contribution in [2.45, 2.75) is 19.8 Å². The van der Waals surface area contributed by atoms with Crippen LogP contribution in [0.3, 0.4) is 0 Å². The van der Waals surface area contributed by atoms with E-state index < -0.39 is 23.6 Å². The summed E-state index contributed by atoms with van der Waals surface area (Å²) >= 11 is 4.09. The zero-order valence-corrected chi connectivity index (χ0v) is 22.3. The van der Waals surface area contributed by atoms with E-state index in [1.807, 2.05) is 13.0 Å². The first-order valence-electron chi connectivity index (χ1n) is 11.5. The maximum atomic E-state index is 12.8. The number of hydrogen-bond donors (Lipinski definition) is 1. The molecule has 0 saturated carbocycles. The third-order valence-corrected chi connectivity index (χ3v) is 6.96. The van der Waals surface area contributed by atoms with Crippen molar-refractivity contribution in [3.8, 4) is 11.3 Å². The standard InChI is InChI=1S/C27H23BrN2O6S/c1-2-3-14-35-26(33)18-10-8-17(9-11-18)22-13-12-19(36-22)15-23-25(32)30(27(34)37-23)16-24(31)29-21-7-5-4-6-20(21)28/h4-13,15H,2-3,14,16H2,1H3,(H,29,31)/b23-15+. The molecule has 3 amide bonds. The molecule has 1 aliphatic rings. The van der Waals surface area contributed by atoms with Crippen LogP contribution >= 0.6 is 27.7 Å². The SMILES string of the molecule is CCCCOC(=O)c1ccc(-c2ccc(/C=C3/SC(=O)N(CC(=O)Nc4ccccc4Br)C3=O)o2)cc1. The summed E-state index contributed by atoms with van der Waals surface area (Å²) in [5.74, 6) is -0.527. The molecule has 2 heterocycles. The highest BCUT2D eigenvalue weighted by molar-refractivity contribution is 9.10. The van der Waals surface area contributed by atoms with Gasteiger partial charge in [0.25, 0.3) is 11.1 Å². The van der Waals surface area contributed by atoms with E-state index in [4.69, 9.17) is 9.15 Å². The van der Waals surface area contributed by atoms with Gasteiger partial charge in [0.1, 0.15) is 18.1 Å². The van der Waals surface area contributed by atoms with E-state index in [2.05, 4.69) is 21.2 Å². The number of thioether (sulfide) groups is 1. The lowest BCUT2D eigenvalue weighted by Crippen LogP contribution is -2.36. The van der Waals surface area contributed by atoms with E-state index in [-0.39, 0.29) is 10.9 Å². The Morgan fingerprint density at radius 1 is 1.08 bits per heavy atom.